The van der Waals surface area contributed by atoms with Gasteiger partial charge in [0.05, 0.1) is 11.9 Å². The Bertz CT molecular complexity index is 454. The largest absolute Gasteiger partial charge is 0.313 e. The van der Waals surface area contributed by atoms with Crippen molar-refractivity contribution in [3.05, 3.63) is 18.0 Å². The van der Waals surface area contributed by atoms with E-state index in [2.05, 4.69) is 17.3 Å². The van der Waals surface area contributed by atoms with E-state index in [9.17, 15) is 8.42 Å². The molecule has 0 saturated heterocycles. The summed E-state index contributed by atoms with van der Waals surface area (Å²) in [4.78, 5) is 0. The first kappa shape index (κ1) is 15.2. The number of hydrogen-bond donors (Lipinski definition) is 1. The van der Waals surface area contributed by atoms with E-state index in [-0.39, 0.29) is 11.8 Å². The van der Waals surface area contributed by atoms with E-state index < -0.39 is 9.84 Å². The van der Waals surface area contributed by atoms with Crippen molar-refractivity contribution in [3.63, 3.8) is 0 Å². The lowest BCUT2D eigenvalue weighted by Crippen LogP contribution is -2.37. The van der Waals surface area contributed by atoms with Crippen LogP contribution in [0.15, 0.2) is 12.4 Å². The van der Waals surface area contributed by atoms with Gasteiger partial charge in [-0.2, -0.15) is 5.10 Å². The van der Waals surface area contributed by atoms with E-state index in [0.717, 1.165) is 25.1 Å². The molecule has 1 atom stereocenters. The summed E-state index contributed by atoms with van der Waals surface area (Å²) in [5.41, 5.74) is 1.08. The molecule has 1 N–H and O–H groups in total. The lowest BCUT2D eigenvalue weighted by molar-refractivity contribution is 0.530. The number of nitrogens with one attached hydrogen (secondary N) is 1. The molecule has 0 fully saturated rings. The van der Waals surface area contributed by atoms with Crippen LogP contribution in [-0.2, 0) is 22.8 Å². The SMILES string of the molecule is CCCNC(Cc1cnn(CC)c1)CS(C)(=O)=O. The number of aryl methyl sites for hydroxylation is 1. The van der Waals surface area contributed by atoms with Crippen molar-refractivity contribution in [2.45, 2.75) is 39.3 Å². The van der Waals surface area contributed by atoms with E-state index in [1.807, 2.05) is 24.0 Å². The molecule has 1 heterocycles. The van der Waals surface area contributed by atoms with Gasteiger partial charge < -0.3 is 5.32 Å². The molecule has 0 bridgehead atoms. The van der Waals surface area contributed by atoms with Gasteiger partial charge in [0.2, 0.25) is 0 Å². The lowest BCUT2D eigenvalue weighted by Gasteiger charge is -2.16. The molecule has 104 valence electrons. The molecule has 6 heteroatoms. The van der Waals surface area contributed by atoms with Gasteiger partial charge in [-0.1, -0.05) is 6.92 Å². The van der Waals surface area contributed by atoms with Gasteiger partial charge in [0.1, 0.15) is 9.84 Å². The number of nitrogens with zero attached hydrogens (tertiary/aromatic N) is 2. The van der Waals surface area contributed by atoms with Crippen molar-refractivity contribution < 1.29 is 8.42 Å². The summed E-state index contributed by atoms with van der Waals surface area (Å²) in [7, 11) is -2.96. The molecule has 1 unspecified atom stereocenters. The minimum absolute atomic E-state index is 0.0329. The van der Waals surface area contributed by atoms with Crippen molar-refractivity contribution in [3.8, 4) is 0 Å². The maximum absolute atomic E-state index is 11.4. The first-order valence-corrected chi connectivity index (χ1v) is 8.43. The lowest BCUT2D eigenvalue weighted by atomic mass is 10.1. The third-order valence-electron chi connectivity index (χ3n) is 2.68. The van der Waals surface area contributed by atoms with E-state index in [4.69, 9.17) is 0 Å². The van der Waals surface area contributed by atoms with Crippen LogP contribution in [0, 0.1) is 0 Å². The number of hydrogen-bond acceptors (Lipinski definition) is 4. The molecular formula is C12H23N3O2S. The van der Waals surface area contributed by atoms with E-state index >= 15 is 0 Å². The van der Waals surface area contributed by atoms with Gasteiger partial charge >= 0.3 is 0 Å². The molecule has 0 saturated carbocycles. The summed E-state index contributed by atoms with van der Waals surface area (Å²) in [5, 5.41) is 7.49. The Morgan fingerprint density at radius 2 is 2.17 bits per heavy atom. The van der Waals surface area contributed by atoms with Crippen LogP contribution in [0.5, 0.6) is 0 Å². The van der Waals surface area contributed by atoms with Crippen molar-refractivity contribution >= 4 is 9.84 Å². The second-order valence-corrected chi connectivity index (χ2v) is 6.84. The van der Waals surface area contributed by atoms with Crippen LogP contribution >= 0.6 is 0 Å². The summed E-state index contributed by atoms with van der Waals surface area (Å²) < 4.78 is 24.6. The van der Waals surface area contributed by atoms with E-state index in [1.165, 1.54) is 6.26 Å². The molecule has 1 aromatic heterocycles. The zero-order chi connectivity index (χ0) is 13.6. The second kappa shape index (κ2) is 6.89. The summed E-state index contributed by atoms with van der Waals surface area (Å²) in [6, 6.07) is -0.0329. The van der Waals surface area contributed by atoms with Gasteiger partial charge in [0.15, 0.2) is 0 Å². The molecule has 0 aliphatic heterocycles. The van der Waals surface area contributed by atoms with E-state index in [0.29, 0.717) is 6.42 Å². The van der Waals surface area contributed by atoms with Crippen molar-refractivity contribution in [1.29, 1.82) is 0 Å². The Morgan fingerprint density at radius 3 is 2.67 bits per heavy atom. The van der Waals surface area contributed by atoms with Crippen LogP contribution in [0.1, 0.15) is 25.8 Å². The molecule has 5 nitrogen and oxygen atoms in total. The highest BCUT2D eigenvalue weighted by molar-refractivity contribution is 7.90. The van der Waals surface area contributed by atoms with Crippen LogP contribution in [0.3, 0.4) is 0 Å². The fourth-order valence-corrected chi connectivity index (χ4v) is 2.84. The predicted molar refractivity (Wildman–Crippen MR) is 73.4 cm³/mol. The molecule has 0 spiro atoms. The highest BCUT2D eigenvalue weighted by Crippen LogP contribution is 2.05. The first-order valence-electron chi connectivity index (χ1n) is 6.37. The Kier molecular flexibility index (Phi) is 5.81. The molecule has 18 heavy (non-hydrogen) atoms. The molecule has 0 radical (unpaired) electrons. The summed E-state index contributed by atoms with van der Waals surface area (Å²) in [6.45, 7) is 5.76. The normalized spacial score (nSPS) is 13.7. The Hall–Kier alpha value is -0.880. The summed E-state index contributed by atoms with van der Waals surface area (Å²) in [5.74, 6) is 0.171. The van der Waals surface area contributed by atoms with Gasteiger partial charge in [-0.05, 0) is 31.9 Å². The number of sulfone groups is 1. The molecule has 1 aromatic rings. The fraction of sp³-hybridized carbons (Fsp3) is 0.750. The van der Waals surface area contributed by atoms with Crippen molar-refractivity contribution in [1.82, 2.24) is 15.1 Å². The standard InChI is InChI=1S/C12H23N3O2S/c1-4-6-13-12(10-18(3,16)17)7-11-8-14-15(5-2)9-11/h8-9,12-13H,4-7,10H2,1-3H3. The van der Waals surface area contributed by atoms with Gasteiger partial charge in [-0.3, -0.25) is 4.68 Å². The van der Waals surface area contributed by atoms with Gasteiger partial charge in [-0.15, -0.1) is 0 Å². The smallest absolute Gasteiger partial charge is 0.148 e. The molecule has 1 rings (SSSR count). The van der Waals surface area contributed by atoms with Crippen LogP contribution in [-0.4, -0.2) is 42.8 Å². The molecule has 0 aliphatic rings. The topological polar surface area (TPSA) is 64.0 Å². The first-order chi connectivity index (χ1) is 8.44. The molecule has 0 aliphatic carbocycles. The molecule has 0 aromatic carbocycles. The van der Waals surface area contributed by atoms with E-state index in [1.54, 1.807) is 0 Å². The Morgan fingerprint density at radius 1 is 1.44 bits per heavy atom. The van der Waals surface area contributed by atoms with Crippen molar-refractivity contribution in [2.24, 2.45) is 0 Å². The maximum atomic E-state index is 11.4. The van der Waals surface area contributed by atoms with Crippen LogP contribution in [0.2, 0.25) is 0 Å². The van der Waals surface area contributed by atoms with Crippen molar-refractivity contribution in [2.75, 3.05) is 18.6 Å². The minimum atomic E-state index is -2.96. The van der Waals surface area contributed by atoms with Gasteiger partial charge in [-0.25, -0.2) is 8.42 Å². The fourth-order valence-electron chi connectivity index (χ4n) is 1.87. The zero-order valence-corrected chi connectivity index (χ0v) is 12.2. The highest BCUT2D eigenvalue weighted by atomic mass is 32.2. The maximum Gasteiger partial charge on any atom is 0.148 e. The number of rotatable bonds is 8. The van der Waals surface area contributed by atoms with Gasteiger partial charge in [0.25, 0.3) is 0 Å². The average Bonchev–Trinajstić information content (AvgIpc) is 2.71. The van der Waals surface area contributed by atoms with Crippen LogP contribution in [0.4, 0.5) is 0 Å². The Labute approximate surface area is 109 Å². The third kappa shape index (κ3) is 5.64. The monoisotopic (exact) mass is 273 g/mol. The molecule has 0 amide bonds. The summed E-state index contributed by atoms with van der Waals surface area (Å²) in [6.07, 6.45) is 6.76. The van der Waals surface area contributed by atoms with Crippen LogP contribution in [0.25, 0.3) is 0 Å². The second-order valence-electron chi connectivity index (χ2n) is 4.65. The van der Waals surface area contributed by atoms with Crippen LogP contribution < -0.4 is 5.32 Å². The quantitative estimate of drug-likeness (QED) is 0.763. The highest BCUT2D eigenvalue weighted by Gasteiger charge is 2.16. The molecular weight excluding hydrogens is 250 g/mol. The Balaban J connectivity index is 2.65. The van der Waals surface area contributed by atoms with Gasteiger partial charge in [0, 0.05) is 25.0 Å². The minimum Gasteiger partial charge on any atom is -0.313 e. The number of aromatic nitrogens is 2. The summed E-state index contributed by atoms with van der Waals surface area (Å²) >= 11 is 0. The predicted octanol–water partition coefficient (Wildman–Crippen LogP) is 0.858. The average molecular weight is 273 g/mol. The third-order valence-corrected chi connectivity index (χ3v) is 3.69. The zero-order valence-electron chi connectivity index (χ0n) is 11.4.